The maximum Gasteiger partial charge on any atom is 0.318 e. The van der Waals surface area contributed by atoms with Gasteiger partial charge in [-0.05, 0) is 50.1 Å². The molecule has 3 aromatic rings. The highest BCUT2D eigenvalue weighted by Crippen LogP contribution is 2.33. The molecule has 0 spiro atoms. The summed E-state index contributed by atoms with van der Waals surface area (Å²) in [6.45, 7) is 8.32. The van der Waals surface area contributed by atoms with E-state index >= 15 is 0 Å². The lowest BCUT2D eigenvalue weighted by atomic mass is 10.1. The van der Waals surface area contributed by atoms with E-state index in [1.54, 1.807) is 0 Å². The summed E-state index contributed by atoms with van der Waals surface area (Å²) < 4.78 is 7.47. The summed E-state index contributed by atoms with van der Waals surface area (Å²) in [5, 5.41) is 10.9. The number of urea groups is 1. The molecular formula is C23H27N5O3S. The van der Waals surface area contributed by atoms with E-state index in [9.17, 15) is 9.59 Å². The molecule has 32 heavy (non-hydrogen) atoms. The molecule has 0 radical (unpaired) electrons. The summed E-state index contributed by atoms with van der Waals surface area (Å²) in [5.74, 6) is 0.873. The number of aryl methyl sites for hydroxylation is 1. The van der Waals surface area contributed by atoms with Crippen LogP contribution in [0.15, 0.2) is 53.7 Å². The van der Waals surface area contributed by atoms with E-state index in [1.165, 1.54) is 11.8 Å². The first kappa shape index (κ1) is 23.3. The van der Waals surface area contributed by atoms with Gasteiger partial charge in [0.1, 0.15) is 5.75 Å². The van der Waals surface area contributed by atoms with Gasteiger partial charge in [0.25, 0.3) is 0 Å². The van der Waals surface area contributed by atoms with Crippen molar-refractivity contribution in [3.8, 4) is 22.8 Å². The smallest absolute Gasteiger partial charge is 0.318 e. The summed E-state index contributed by atoms with van der Waals surface area (Å²) in [7, 11) is 0. The number of nitrogens with one attached hydrogen (secondary N) is 1. The zero-order chi connectivity index (χ0) is 23.3. The van der Waals surface area contributed by atoms with Crippen molar-refractivity contribution in [2.45, 2.75) is 38.1 Å². The van der Waals surface area contributed by atoms with Gasteiger partial charge in [-0.15, -0.1) is 10.2 Å². The van der Waals surface area contributed by atoms with Gasteiger partial charge in [0.05, 0.1) is 11.9 Å². The van der Waals surface area contributed by atoms with Gasteiger partial charge in [0.15, 0.2) is 11.0 Å². The lowest BCUT2D eigenvalue weighted by molar-refractivity contribution is -0.120. The number of ether oxygens (including phenoxy) is 1. The fraction of sp³-hybridized carbons (Fsp3) is 0.304. The van der Waals surface area contributed by atoms with Crippen molar-refractivity contribution in [3.05, 3.63) is 54.1 Å². The Morgan fingerprint density at radius 2 is 1.88 bits per heavy atom. The molecule has 0 saturated heterocycles. The van der Waals surface area contributed by atoms with Crippen molar-refractivity contribution in [3.63, 3.8) is 0 Å². The Morgan fingerprint density at radius 1 is 1.16 bits per heavy atom. The van der Waals surface area contributed by atoms with Gasteiger partial charge in [0.2, 0.25) is 5.91 Å². The van der Waals surface area contributed by atoms with Crippen molar-refractivity contribution < 1.29 is 14.3 Å². The summed E-state index contributed by atoms with van der Waals surface area (Å²) in [6, 6.07) is 14.7. The third-order valence-electron chi connectivity index (χ3n) is 4.66. The zero-order valence-electron chi connectivity index (χ0n) is 18.5. The number of nitrogens with two attached hydrogens (primary N) is 1. The molecule has 0 bridgehead atoms. The minimum absolute atomic E-state index is 0.0766. The zero-order valence-corrected chi connectivity index (χ0v) is 19.3. The number of nitrogens with zero attached hydrogens (tertiary/aromatic N) is 3. The number of benzene rings is 2. The summed E-state index contributed by atoms with van der Waals surface area (Å²) in [6.07, 6.45) is 0. The lowest BCUT2D eigenvalue weighted by Crippen LogP contribution is -2.42. The molecule has 1 aromatic heterocycles. The number of rotatable bonds is 8. The highest BCUT2D eigenvalue weighted by atomic mass is 32.2. The third-order valence-corrected chi connectivity index (χ3v) is 6.15. The summed E-state index contributed by atoms with van der Waals surface area (Å²) in [5.41, 5.74) is 7.98. The first-order valence-electron chi connectivity index (χ1n) is 10.3. The van der Waals surface area contributed by atoms with Crippen molar-refractivity contribution >= 4 is 23.7 Å². The van der Waals surface area contributed by atoms with Gasteiger partial charge < -0.3 is 10.5 Å². The molecule has 0 aliphatic rings. The molecule has 3 N–H and O–H groups in total. The van der Waals surface area contributed by atoms with Crippen LogP contribution in [-0.2, 0) is 4.79 Å². The highest BCUT2D eigenvalue weighted by Gasteiger charge is 2.28. The molecule has 8 nitrogen and oxygen atoms in total. The number of imide groups is 1. The first-order valence-corrected chi connectivity index (χ1v) is 11.2. The van der Waals surface area contributed by atoms with Crippen molar-refractivity contribution in [2.24, 2.45) is 11.7 Å². The molecule has 0 fully saturated rings. The van der Waals surface area contributed by atoms with E-state index in [-0.39, 0.29) is 5.92 Å². The fourth-order valence-corrected chi connectivity index (χ4v) is 4.26. The summed E-state index contributed by atoms with van der Waals surface area (Å²) in [4.78, 5) is 23.8. The molecule has 3 amide bonds. The second-order valence-electron chi connectivity index (χ2n) is 7.57. The Morgan fingerprint density at radius 3 is 2.47 bits per heavy atom. The largest absolute Gasteiger partial charge is 0.494 e. The van der Waals surface area contributed by atoms with Crippen LogP contribution in [0.4, 0.5) is 4.79 Å². The number of thioether (sulfide) groups is 1. The average Bonchev–Trinajstić information content (AvgIpc) is 3.15. The van der Waals surface area contributed by atoms with E-state index < -0.39 is 17.2 Å². The van der Waals surface area contributed by atoms with E-state index in [0.29, 0.717) is 17.6 Å². The molecule has 0 aliphatic heterocycles. The van der Waals surface area contributed by atoms with Crippen LogP contribution in [0, 0.1) is 12.8 Å². The molecule has 168 valence electrons. The SMILES string of the molecule is CCOc1ccc(-n2c(SC(C(=O)NC(N)=O)C(C)C)nnc2-c2cccc(C)c2)cc1. The van der Waals surface area contributed by atoms with Crippen LogP contribution >= 0.6 is 11.8 Å². The quantitative estimate of drug-likeness (QED) is 0.500. The molecule has 1 atom stereocenters. The van der Waals surface area contributed by atoms with Gasteiger partial charge in [0, 0.05) is 11.3 Å². The Hall–Kier alpha value is -3.33. The highest BCUT2D eigenvalue weighted by molar-refractivity contribution is 8.00. The van der Waals surface area contributed by atoms with Gasteiger partial charge in [-0.2, -0.15) is 0 Å². The normalized spacial score (nSPS) is 11.9. The van der Waals surface area contributed by atoms with Gasteiger partial charge in [-0.3, -0.25) is 14.7 Å². The number of primary amides is 1. The van der Waals surface area contributed by atoms with Gasteiger partial charge in [-0.25, -0.2) is 4.79 Å². The van der Waals surface area contributed by atoms with Crippen molar-refractivity contribution in [1.29, 1.82) is 0 Å². The topological polar surface area (TPSA) is 112 Å². The first-order chi connectivity index (χ1) is 15.3. The number of carbonyl (C=O) groups is 2. The molecule has 0 aliphatic carbocycles. The van der Waals surface area contributed by atoms with Gasteiger partial charge >= 0.3 is 6.03 Å². The van der Waals surface area contributed by atoms with Crippen molar-refractivity contribution in [2.75, 3.05) is 6.61 Å². The second-order valence-corrected chi connectivity index (χ2v) is 8.68. The summed E-state index contributed by atoms with van der Waals surface area (Å²) >= 11 is 1.24. The maximum absolute atomic E-state index is 12.6. The number of carbonyl (C=O) groups excluding carboxylic acids is 2. The fourth-order valence-electron chi connectivity index (χ4n) is 3.21. The minimum Gasteiger partial charge on any atom is -0.494 e. The second kappa shape index (κ2) is 10.3. The molecular weight excluding hydrogens is 426 g/mol. The molecule has 1 heterocycles. The Balaban J connectivity index is 2.07. The average molecular weight is 454 g/mol. The van der Waals surface area contributed by atoms with Crippen LogP contribution in [0.1, 0.15) is 26.3 Å². The van der Waals surface area contributed by atoms with Crippen LogP contribution in [-0.4, -0.2) is 38.6 Å². The standard InChI is InChI=1S/C23H27N5O3S/c1-5-31-18-11-9-17(10-12-18)28-20(16-8-6-7-15(4)13-16)26-27-23(28)32-19(14(2)3)21(29)25-22(24)30/h6-14,19H,5H2,1-4H3,(H3,24,25,29,30). The minimum atomic E-state index is -0.880. The lowest BCUT2D eigenvalue weighted by Gasteiger charge is -2.19. The van der Waals surface area contributed by atoms with E-state index in [0.717, 1.165) is 22.6 Å². The monoisotopic (exact) mass is 453 g/mol. The van der Waals surface area contributed by atoms with E-state index in [2.05, 4.69) is 15.5 Å². The molecule has 1 unspecified atom stereocenters. The van der Waals surface area contributed by atoms with Crippen LogP contribution in [0.25, 0.3) is 17.1 Å². The van der Waals surface area contributed by atoms with Gasteiger partial charge in [-0.1, -0.05) is 49.4 Å². The number of hydrogen-bond donors (Lipinski definition) is 2. The molecule has 2 aromatic carbocycles. The molecule has 0 saturated carbocycles. The molecule has 3 rings (SSSR count). The predicted molar refractivity (Wildman–Crippen MR) is 125 cm³/mol. The van der Waals surface area contributed by atoms with Crippen molar-refractivity contribution in [1.82, 2.24) is 20.1 Å². The van der Waals surface area contributed by atoms with Crippen LogP contribution < -0.4 is 15.8 Å². The number of aromatic nitrogens is 3. The van der Waals surface area contributed by atoms with E-state index in [4.69, 9.17) is 10.5 Å². The van der Waals surface area contributed by atoms with Crippen LogP contribution in [0.2, 0.25) is 0 Å². The Labute approximate surface area is 191 Å². The maximum atomic E-state index is 12.6. The number of hydrogen-bond acceptors (Lipinski definition) is 6. The van der Waals surface area contributed by atoms with E-state index in [1.807, 2.05) is 80.8 Å². The number of amides is 3. The van der Waals surface area contributed by atoms with Crippen LogP contribution in [0.5, 0.6) is 5.75 Å². The van der Waals surface area contributed by atoms with Crippen LogP contribution in [0.3, 0.4) is 0 Å². The predicted octanol–water partition coefficient (Wildman–Crippen LogP) is 3.95. The Bertz CT molecular complexity index is 1100. The Kier molecular flexibility index (Phi) is 7.53. The molecule has 9 heteroatoms. The third kappa shape index (κ3) is 5.47.